The SMILES string of the molecule is COc1ccc(CNC(=O)CCCN(c2ccc(Cl)cc2)S(C)(=O)=O)cc1OC. The lowest BCUT2D eigenvalue weighted by atomic mass is 10.2. The first-order valence-electron chi connectivity index (χ1n) is 8.95. The van der Waals surface area contributed by atoms with Crippen LogP contribution in [-0.4, -0.2) is 41.3 Å². The van der Waals surface area contributed by atoms with Crippen molar-refractivity contribution in [1.82, 2.24) is 5.32 Å². The fourth-order valence-corrected chi connectivity index (χ4v) is 3.85. The van der Waals surface area contributed by atoms with Gasteiger partial charge in [-0.05, 0) is 48.4 Å². The van der Waals surface area contributed by atoms with Crippen LogP contribution in [-0.2, 0) is 21.4 Å². The molecular weight excluding hydrogens is 416 g/mol. The Labute approximate surface area is 176 Å². The highest BCUT2D eigenvalue weighted by atomic mass is 35.5. The summed E-state index contributed by atoms with van der Waals surface area (Å²) >= 11 is 5.86. The summed E-state index contributed by atoms with van der Waals surface area (Å²) in [6.07, 6.45) is 1.72. The molecule has 0 radical (unpaired) electrons. The van der Waals surface area contributed by atoms with Crippen LogP contribution in [0.25, 0.3) is 0 Å². The van der Waals surface area contributed by atoms with Gasteiger partial charge in [0.25, 0.3) is 0 Å². The van der Waals surface area contributed by atoms with Crippen LogP contribution < -0.4 is 19.1 Å². The van der Waals surface area contributed by atoms with E-state index in [1.165, 1.54) is 4.31 Å². The normalized spacial score (nSPS) is 11.0. The van der Waals surface area contributed by atoms with Crippen LogP contribution in [0.2, 0.25) is 5.02 Å². The standard InChI is InChI=1S/C20H25ClN2O5S/c1-27-18-11-6-15(13-19(18)28-2)14-22-20(24)5-4-12-23(29(3,25)26)17-9-7-16(21)8-10-17/h6-11,13H,4-5,12,14H2,1-3H3,(H,22,24). The van der Waals surface area contributed by atoms with E-state index in [2.05, 4.69) is 5.32 Å². The highest BCUT2D eigenvalue weighted by molar-refractivity contribution is 7.92. The van der Waals surface area contributed by atoms with Crippen LogP contribution in [0.5, 0.6) is 11.5 Å². The number of rotatable bonds is 10. The van der Waals surface area contributed by atoms with Gasteiger partial charge in [-0.2, -0.15) is 0 Å². The van der Waals surface area contributed by atoms with E-state index in [4.69, 9.17) is 21.1 Å². The lowest BCUT2D eigenvalue weighted by Crippen LogP contribution is -2.32. The number of carbonyl (C=O) groups excluding carboxylic acids is 1. The largest absolute Gasteiger partial charge is 0.493 e. The molecule has 2 aromatic rings. The number of ether oxygens (including phenoxy) is 2. The summed E-state index contributed by atoms with van der Waals surface area (Å²) in [6.45, 7) is 0.538. The number of methoxy groups -OCH3 is 2. The minimum Gasteiger partial charge on any atom is -0.493 e. The number of sulfonamides is 1. The third-order valence-electron chi connectivity index (χ3n) is 4.22. The summed E-state index contributed by atoms with van der Waals surface area (Å²) in [7, 11) is -0.357. The van der Waals surface area contributed by atoms with Crippen LogP contribution in [0.3, 0.4) is 0 Å². The second-order valence-corrected chi connectivity index (χ2v) is 8.72. The van der Waals surface area contributed by atoms with Crippen LogP contribution >= 0.6 is 11.6 Å². The summed E-state index contributed by atoms with van der Waals surface area (Å²) < 4.78 is 35.9. The average Bonchev–Trinajstić information content (AvgIpc) is 2.69. The molecule has 0 heterocycles. The Morgan fingerprint density at radius 2 is 1.72 bits per heavy atom. The molecule has 2 aromatic carbocycles. The Morgan fingerprint density at radius 1 is 1.07 bits per heavy atom. The number of nitrogens with one attached hydrogen (secondary N) is 1. The van der Waals surface area contributed by atoms with E-state index in [9.17, 15) is 13.2 Å². The number of hydrogen-bond acceptors (Lipinski definition) is 5. The number of anilines is 1. The predicted octanol–water partition coefficient (Wildman–Crippen LogP) is 3.22. The zero-order chi connectivity index (χ0) is 21.4. The molecule has 9 heteroatoms. The molecule has 0 fully saturated rings. The molecule has 0 aliphatic rings. The van der Waals surface area contributed by atoms with E-state index in [1.807, 2.05) is 6.07 Å². The molecule has 0 saturated heterocycles. The maximum Gasteiger partial charge on any atom is 0.232 e. The van der Waals surface area contributed by atoms with Gasteiger partial charge in [-0.3, -0.25) is 9.10 Å². The van der Waals surface area contributed by atoms with Crippen molar-refractivity contribution in [2.75, 3.05) is 31.3 Å². The van der Waals surface area contributed by atoms with Crippen molar-refractivity contribution in [2.45, 2.75) is 19.4 Å². The van der Waals surface area contributed by atoms with Gasteiger partial charge in [-0.15, -0.1) is 0 Å². The molecule has 29 heavy (non-hydrogen) atoms. The Kier molecular flexibility index (Phi) is 8.16. The summed E-state index contributed by atoms with van der Waals surface area (Å²) in [5.41, 5.74) is 1.39. The first kappa shape index (κ1) is 22.8. The molecule has 158 valence electrons. The molecule has 1 N–H and O–H groups in total. The zero-order valence-electron chi connectivity index (χ0n) is 16.6. The lowest BCUT2D eigenvalue weighted by molar-refractivity contribution is -0.121. The van der Waals surface area contributed by atoms with E-state index in [1.54, 1.807) is 50.6 Å². The molecule has 2 rings (SSSR count). The number of nitrogens with zero attached hydrogens (tertiary/aromatic N) is 1. The number of amides is 1. The van der Waals surface area contributed by atoms with Crippen molar-refractivity contribution >= 4 is 33.2 Å². The smallest absolute Gasteiger partial charge is 0.232 e. The summed E-state index contributed by atoms with van der Waals surface area (Å²) in [5.74, 6) is 1.04. The molecule has 0 aliphatic heterocycles. The molecule has 0 bridgehead atoms. The van der Waals surface area contributed by atoms with Gasteiger partial charge in [-0.1, -0.05) is 17.7 Å². The molecule has 0 unspecified atom stereocenters. The monoisotopic (exact) mass is 440 g/mol. The van der Waals surface area contributed by atoms with E-state index in [-0.39, 0.29) is 18.9 Å². The van der Waals surface area contributed by atoms with E-state index in [0.717, 1.165) is 11.8 Å². The second-order valence-electron chi connectivity index (χ2n) is 6.38. The minimum absolute atomic E-state index is 0.163. The van der Waals surface area contributed by atoms with Gasteiger partial charge >= 0.3 is 0 Å². The maximum absolute atomic E-state index is 12.2. The van der Waals surface area contributed by atoms with Crippen LogP contribution in [0.15, 0.2) is 42.5 Å². The number of hydrogen-bond donors (Lipinski definition) is 1. The lowest BCUT2D eigenvalue weighted by Gasteiger charge is -2.22. The third kappa shape index (κ3) is 6.83. The highest BCUT2D eigenvalue weighted by Gasteiger charge is 2.17. The Hall–Kier alpha value is -2.45. The van der Waals surface area contributed by atoms with Gasteiger partial charge in [0.1, 0.15) is 0 Å². The molecule has 0 atom stereocenters. The van der Waals surface area contributed by atoms with Gasteiger partial charge in [0.05, 0.1) is 26.2 Å². The van der Waals surface area contributed by atoms with Crippen LogP contribution in [0.4, 0.5) is 5.69 Å². The quantitative estimate of drug-likeness (QED) is 0.613. The van der Waals surface area contributed by atoms with E-state index in [0.29, 0.717) is 35.2 Å². The first-order chi connectivity index (χ1) is 13.7. The number of benzene rings is 2. The summed E-state index contributed by atoms with van der Waals surface area (Å²) in [4.78, 5) is 12.2. The van der Waals surface area contributed by atoms with Crippen molar-refractivity contribution in [2.24, 2.45) is 0 Å². The maximum atomic E-state index is 12.2. The zero-order valence-corrected chi connectivity index (χ0v) is 18.2. The van der Waals surface area contributed by atoms with Gasteiger partial charge in [0.15, 0.2) is 11.5 Å². The second kappa shape index (κ2) is 10.4. The summed E-state index contributed by atoms with van der Waals surface area (Å²) in [6, 6.07) is 12.0. The summed E-state index contributed by atoms with van der Waals surface area (Å²) in [5, 5.41) is 3.35. The van der Waals surface area contributed by atoms with Crippen molar-refractivity contribution in [3.8, 4) is 11.5 Å². The fraction of sp³-hybridized carbons (Fsp3) is 0.350. The van der Waals surface area contributed by atoms with Crippen molar-refractivity contribution < 1.29 is 22.7 Å². The minimum atomic E-state index is -3.47. The molecule has 1 amide bonds. The molecule has 7 nitrogen and oxygen atoms in total. The van der Waals surface area contributed by atoms with Crippen LogP contribution in [0.1, 0.15) is 18.4 Å². The average molecular weight is 441 g/mol. The van der Waals surface area contributed by atoms with Crippen molar-refractivity contribution in [3.63, 3.8) is 0 Å². The predicted molar refractivity (Wildman–Crippen MR) is 114 cm³/mol. The Morgan fingerprint density at radius 3 is 2.31 bits per heavy atom. The van der Waals surface area contributed by atoms with Gasteiger partial charge < -0.3 is 14.8 Å². The van der Waals surface area contributed by atoms with E-state index < -0.39 is 10.0 Å². The fourth-order valence-electron chi connectivity index (χ4n) is 2.76. The first-order valence-corrected chi connectivity index (χ1v) is 11.2. The molecule has 0 aromatic heterocycles. The highest BCUT2D eigenvalue weighted by Crippen LogP contribution is 2.27. The van der Waals surface area contributed by atoms with Gasteiger partial charge in [-0.25, -0.2) is 8.42 Å². The Bertz CT molecular complexity index is 932. The number of carbonyl (C=O) groups is 1. The topological polar surface area (TPSA) is 84.9 Å². The van der Waals surface area contributed by atoms with Crippen LogP contribution in [0, 0.1) is 0 Å². The van der Waals surface area contributed by atoms with E-state index >= 15 is 0 Å². The number of halogens is 1. The van der Waals surface area contributed by atoms with Crippen molar-refractivity contribution in [1.29, 1.82) is 0 Å². The van der Waals surface area contributed by atoms with Gasteiger partial charge in [0.2, 0.25) is 15.9 Å². The van der Waals surface area contributed by atoms with Crippen molar-refractivity contribution in [3.05, 3.63) is 53.1 Å². The molecular formula is C20H25ClN2O5S. The molecule has 0 spiro atoms. The third-order valence-corrected chi connectivity index (χ3v) is 5.66. The molecule has 0 aliphatic carbocycles. The Balaban J connectivity index is 1.88. The van der Waals surface area contributed by atoms with Gasteiger partial charge in [0, 0.05) is 24.5 Å². The molecule has 0 saturated carbocycles.